The zero-order valence-corrected chi connectivity index (χ0v) is 13.9. The van der Waals surface area contributed by atoms with Crippen molar-refractivity contribution in [2.24, 2.45) is 5.92 Å². The first kappa shape index (κ1) is 16.0. The third-order valence-electron chi connectivity index (χ3n) is 2.84. The van der Waals surface area contributed by atoms with Crippen molar-refractivity contribution in [3.8, 4) is 5.75 Å². The topological polar surface area (TPSA) is 73.2 Å². The summed E-state index contributed by atoms with van der Waals surface area (Å²) < 4.78 is 34.3. The van der Waals surface area contributed by atoms with Gasteiger partial charge in [0.2, 0.25) is 0 Å². The molecule has 2 aromatic rings. The Morgan fingerprint density at radius 1 is 1.48 bits per heavy atom. The lowest BCUT2D eigenvalue weighted by atomic mass is 10.2. The normalized spacial score (nSPS) is 12.0. The maximum absolute atomic E-state index is 12.3. The number of ether oxygens (including phenoxy) is 1. The van der Waals surface area contributed by atoms with Crippen LogP contribution in [0.25, 0.3) is 0 Å². The van der Waals surface area contributed by atoms with Crippen LogP contribution in [0.2, 0.25) is 0 Å². The van der Waals surface area contributed by atoms with Crippen LogP contribution >= 0.6 is 11.3 Å². The molecule has 0 spiro atoms. The van der Waals surface area contributed by atoms with E-state index in [0.29, 0.717) is 17.5 Å². The molecule has 21 heavy (non-hydrogen) atoms. The van der Waals surface area contributed by atoms with E-state index in [2.05, 4.69) is 23.6 Å². The van der Waals surface area contributed by atoms with Crippen LogP contribution in [0.4, 0.5) is 0 Å². The molecular weight excluding hydrogens is 310 g/mol. The second-order valence-corrected chi connectivity index (χ2v) is 7.87. The van der Waals surface area contributed by atoms with Crippen LogP contribution in [-0.4, -0.2) is 25.1 Å². The summed E-state index contributed by atoms with van der Waals surface area (Å²) in [5.74, 6) is 1.52. The van der Waals surface area contributed by atoms with Crippen molar-refractivity contribution in [3.05, 3.63) is 29.7 Å². The molecule has 0 atom stereocenters. The molecule has 2 rings (SSSR count). The van der Waals surface area contributed by atoms with Gasteiger partial charge in [-0.15, -0.1) is 11.3 Å². The molecule has 6 nitrogen and oxygen atoms in total. The molecule has 0 radical (unpaired) electrons. The fraction of sp³-hybridized carbons (Fsp3) is 0.462. The van der Waals surface area contributed by atoms with E-state index in [4.69, 9.17) is 4.74 Å². The van der Waals surface area contributed by atoms with Gasteiger partial charge in [0, 0.05) is 18.9 Å². The summed E-state index contributed by atoms with van der Waals surface area (Å²) >= 11 is 1.13. The van der Waals surface area contributed by atoms with Gasteiger partial charge >= 0.3 is 0 Å². The van der Waals surface area contributed by atoms with Crippen molar-refractivity contribution >= 4 is 21.4 Å². The molecule has 0 saturated carbocycles. The van der Waals surface area contributed by atoms with E-state index in [1.165, 1.54) is 7.11 Å². The van der Waals surface area contributed by atoms with E-state index in [0.717, 1.165) is 17.9 Å². The Kier molecular flexibility index (Phi) is 5.02. The first-order valence-electron chi connectivity index (χ1n) is 6.55. The van der Waals surface area contributed by atoms with Gasteiger partial charge in [-0.3, -0.25) is 0 Å². The summed E-state index contributed by atoms with van der Waals surface area (Å²) in [6.07, 6.45) is 3.53. The van der Waals surface area contributed by atoms with Gasteiger partial charge in [-0.25, -0.2) is 18.1 Å². The molecule has 0 saturated heterocycles. The summed E-state index contributed by atoms with van der Waals surface area (Å²) in [6.45, 7) is 5.16. The van der Waals surface area contributed by atoms with Crippen LogP contribution in [0.3, 0.4) is 0 Å². The quantitative estimate of drug-likeness (QED) is 0.844. The summed E-state index contributed by atoms with van der Waals surface area (Å²) in [5.41, 5.74) is 0. The Bertz CT molecular complexity index is 689. The molecule has 2 aromatic heterocycles. The van der Waals surface area contributed by atoms with Crippen molar-refractivity contribution in [3.63, 3.8) is 0 Å². The number of hydrogen-bond acceptors (Lipinski definition) is 5. The maximum Gasteiger partial charge on any atom is 0.254 e. The average molecular weight is 329 g/mol. The number of nitrogens with zero attached hydrogens (tertiary/aromatic N) is 2. The van der Waals surface area contributed by atoms with Gasteiger partial charge in [0.15, 0.2) is 4.21 Å². The Labute approximate surface area is 128 Å². The lowest BCUT2D eigenvalue weighted by Crippen LogP contribution is -2.25. The Balaban J connectivity index is 2.11. The summed E-state index contributed by atoms with van der Waals surface area (Å²) in [5, 5.41) is 1.69. The molecule has 0 unspecified atom stereocenters. The number of sulfonamides is 1. The first-order valence-corrected chi connectivity index (χ1v) is 8.91. The van der Waals surface area contributed by atoms with Crippen LogP contribution < -0.4 is 9.46 Å². The number of methoxy groups -OCH3 is 1. The number of nitrogens with one attached hydrogen (secondary N) is 1. The van der Waals surface area contributed by atoms with Crippen LogP contribution in [0.15, 0.2) is 28.0 Å². The summed E-state index contributed by atoms with van der Waals surface area (Å²) in [7, 11) is -2.14. The third-order valence-corrected chi connectivity index (χ3v) is 5.69. The molecule has 0 aliphatic heterocycles. The fourth-order valence-electron chi connectivity index (χ4n) is 1.92. The lowest BCUT2D eigenvalue weighted by molar-refractivity contribution is 0.406. The number of imidazole rings is 1. The van der Waals surface area contributed by atoms with Crippen molar-refractivity contribution in [2.45, 2.75) is 31.1 Å². The minimum Gasteiger partial charge on any atom is -0.494 e. The van der Waals surface area contributed by atoms with Crippen LogP contribution in [0.5, 0.6) is 5.75 Å². The zero-order chi connectivity index (χ0) is 15.5. The Morgan fingerprint density at radius 3 is 2.90 bits per heavy atom. The highest BCUT2D eigenvalue weighted by Crippen LogP contribution is 2.29. The van der Waals surface area contributed by atoms with Crippen LogP contribution in [0.1, 0.15) is 19.7 Å². The molecule has 2 heterocycles. The third kappa shape index (κ3) is 3.84. The first-order chi connectivity index (χ1) is 9.94. The molecule has 0 amide bonds. The predicted octanol–water partition coefficient (Wildman–Crippen LogP) is 2.09. The van der Waals surface area contributed by atoms with E-state index < -0.39 is 10.0 Å². The second-order valence-electron chi connectivity index (χ2n) is 4.99. The average Bonchev–Trinajstić information content (AvgIpc) is 3.04. The van der Waals surface area contributed by atoms with E-state index in [-0.39, 0.29) is 10.8 Å². The van der Waals surface area contributed by atoms with Crippen LogP contribution in [0, 0.1) is 5.92 Å². The van der Waals surface area contributed by atoms with Gasteiger partial charge in [-0.2, -0.15) is 0 Å². The van der Waals surface area contributed by atoms with Gasteiger partial charge in [-0.1, -0.05) is 13.8 Å². The Hall–Kier alpha value is -1.38. The largest absolute Gasteiger partial charge is 0.494 e. The Morgan fingerprint density at radius 2 is 2.24 bits per heavy atom. The van der Waals surface area contributed by atoms with Crippen molar-refractivity contribution in [1.82, 2.24) is 14.3 Å². The standard InChI is InChI=1S/C13H19N3O3S2/c1-10(2)9-16-6-5-14-12(16)8-15-21(17,18)13-11(19-3)4-7-20-13/h4-7,10,15H,8-9H2,1-3H3. The molecule has 0 aliphatic rings. The number of aromatic nitrogens is 2. The fourth-order valence-corrected chi connectivity index (χ4v) is 4.22. The van der Waals surface area contributed by atoms with Crippen molar-refractivity contribution in [1.29, 1.82) is 0 Å². The molecule has 1 N–H and O–H groups in total. The van der Waals surface area contributed by atoms with E-state index >= 15 is 0 Å². The molecule has 116 valence electrons. The second kappa shape index (κ2) is 6.59. The monoisotopic (exact) mass is 329 g/mol. The molecule has 0 aliphatic carbocycles. The van der Waals surface area contributed by atoms with Crippen LogP contribution in [-0.2, 0) is 23.1 Å². The maximum atomic E-state index is 12.3. The molecular formula is C13H19N3O3S2. The molecule has 8 heteroatoms. The highest BCUT2D eigenvalue weighted by Gasteiger charge is 2.21. The smallest absolute Gasteiger partial charge is 0.254 e. The number of thiophene rings is 1. The number of hydrogen-bond donors (Lipinski definition) is 1. The van der Waals surface area contributed by atoms with E-state index in [1.807, 2.05) is 10.8 Å². The van der Waals surface area contributed by atoms with Crippen molar-refractivity contribution in [2.75, 3.05) is 7.11 Å². The predicted molar refractivity (Wildman–Crippen MR) is 82.0 cm³/mol. The number of rotatable bonds is 7. The molecule has 0 bridgehead atoms. The highest BCUT2D eigenvalue weighted by molar-refractivity contribution is 7.91. The summed E-state index contributed by atoms with van der Waals surface area (Å²) in [6, 6.07) is 1.64. The minimum atomic E-state index is -3.59. The molecule has 0 aromatic carbocycles. The van der Waals surface area contributed by atoms with Gasteiger partial charge in [0.05, 0.1) is 13.7 Å². The highest BCUT2D eigenvalue weighted by atomic mass is 32.2. The van der Waals surface area contributed by atoms with Gasteiger partial charge < -0.3 is 9.30 Å². The lowest BCUT2D eigenvalue weighted by Gasteiger charge is -2.11. The van der Waals surface area contributed by atoms with Crippen molar-refractivity contribution < 1.29 is 13.2 Å². The van der Waals surface area contributed by atoms with E-state index in [1.54, 1.807) is 17.6 Å². The zero-order valence-electron chi connectivity index (χ0n) is 12.2. The summed E-state index contributed by atoms with van der Waals surface area (Å²) in [4.78, 5) is 4.20. The minimum absolute atomic E-state index is 0.156. The van der Waals surface area contributed by atoms with E-state index in [9.17, 15) is 8.42 Å². The molecule has 0 fully saturated rings. The van der Waals surface area contributed by atoms with Gasteiger partial charge in [0.1, 0.15) is 11.6 Å². The SMILES string of the molecule is COc1ccsc1S(=O)(=O)NCc1nccn1CC(C)C. The van der Waals surface area contributed by atoms with Gasteiger partial charge in [0.25, 0.3) is 10.0 Å². The van der Waals surface area contributed by atoms with Gasteiger partial charge in [-0.05, 0) is 17.4 Å².